The van der Waals surface area contributed by atoms with Crippen LogP contribution in [-0.4, -0.2) is 10.1 Å². The number of allylic oxidation sites excluding steroid dienone is 1. The van der Waals surface area contributed by atoms with Gasteiger partial charge >= 0.3 is 0 Å². The number of nitrogens with one attached hydrogen (secondary N) is 1. The number of thiazole rings is 1. The Bertz CT molecular complexity index is 630. The molecule has 1 aromatic carbocycles. The second-order valence-electron chi connectivity index (χ2n) is 4.47. The summed E-state index contributed by atoms with van der Waals surface area (Å²) < 4.78 is 0. The summed E-state index contributed by atoms with van der Waals surface area (Å²) in [6.07, 6.45) is 3.09. The number of hydrogen-bond acceptors (Lipinski definition) is 4. The molecule has 2 aromatic rings. The van der Waals surface area contributed by atoms with Gasteiger partial charge in [0, 0.05) is 5.02 Å². The average Bonchev–Trinajstić information content (AvgIpc) is 2.74. The number of aliphatic hydroxyl groups is 1. The van der Waals surface area contributed by atoms with Crippen molar-refractivity contribution in [2.45, 2.75) is 19.3 Å². The molecule has 1 saturated carbocycles. The van der Waals surface area contributed by atoms with Crippen molar-refractivity contribution in [2.24, 2.45) is 0 Å². The van der Waals surface area contributed by atoms with Gasteiger partial charge in [-0.05, 0) is 42.5 Å². The number of halogens is 1. The quantitative estimate of drug-likeness (QED) is 0.797. The van der Waals surface area contributed by atoms with Crippen molar-refractivity contribution in [1.82, 2.24) is 4.98 Å². The average molecular weight is 293 g/mol. The van der Waals surface area contributed by atoms with Crippen LogP contribution < -0.4 is 5.32 Å². The number of anilines is 1. The van der Waals surface area contributed by atoms with Crippen molar-refractivity contribution in [3.8, 4) is 10.4 Å². The molecule has 98 valence electrons. The fourth-order valence-electron chi connectivity index (χ4n) is 1.96. The van der Waals surface area contributed by atoms with E-state index in [2.05, 4.69) is 10.3 Å². The summed E-state index contributed by atoms with van der Waals surface area (Å²) in [5.41, 5.74) is 3.84. The highest BCUT2D eigenvalue weighted by Crippen LogP contribution is 2.34. The van der Waals surface area contributed by atoms with Gasteiger partial charge in [-0.2, -0.15) is 0 Å². The third kappa shape index (κ3) is 2.60. The SMILES string of the molecule is OC(Nc1ncsc1-c1cccc(Cl)c1)=C1CCC1. The molecule has 1 aromatic heterocycles. The second kappa shape index (κ2) is 5.23. The first-order valence-electron chi connectivity index (χ1n) is 6.11. The van der Waals surface area contributed by atoms with Crippen molar-refractivity contribution in [1.29, 1.82) is 0 Å². The predicted octanol–water partition coefficient (Wildman–Crippen LogP) is 4.83. The summed E-state index contributed by atoms with van der Waals surface area (Å²) in [6, 6.07) is 7.63. The summed E-state index contributed by atoms with van der Waals surface area (Å²) in [6.45, 7) is 0. The maximum atomic E-state index is 9.97. The lowest BCUT2D eigenvalue weighted by Crippen LogP contribution is -2.09. The van der Waals surface area contributed by atoms with Crippen LogP contribution in [-0.2, 0) is 0 Å². The molecule has 3 nitrogen and oxygen atoms in total. The van der Waals surface area contributed by atoms with E-state index in [0.29, 0.717) is 10.8 Å². The Labute approximate surface area is 120 Å². The van der Waals surface area contributed by atoms with E-state index in [-0.39, 0.29) is 5.88 Å². The predicted molar refractivity (Wildman–Crippen MR) is 79.7 cm³/mol. The van der Waals surface area contributed by atoms with Gasteiger partial charge in [0.15, 0.2) is 11.7 Å². The molecule has 2 N–H and O–H groups in total. The summed E-state index contributed by atoms with van der Waals surface area (Å²) in [4.78, 5) is 5.25. The molecule has 0 amide bonds. The number of aliphatic hydroxyl groups excluding tert-OH is 1. The van der Waals surface area contributed by atoms with E-state index in [9.17, 15) is 5.11 Å². The molecule has 5 heteroatoms. The zero-order valence-electron chi connectivity index (χ0n) is 10.2. The summed E-state index contributed by atoms with van der Waals surface area (Å²) >= 11 is 7.53. The molecule has 0 atom stereocenters. The topological polar surface area (TPSA) is 45.1 Å². The fraction of sp³-hybridized carbons (Fsp3) is 0.214. The van der Waals surface area contributed by atoms with Crippen molar-refractivity contribution in [3.63, 3.8) is 0 Å². The van der Waals surface area contributed by atoms with Crippen LogP contribution in [0.2, 0.25) is 5.02 Å². The highest BCUT2D eigenvalue weighted by molar-refractivity contribution is 7.13. The third-order valence-electron chi connectivity index (χ3n) is 3.18. The molecule has 3 rings (SSSR count). The van der Waals surface area contributed by atoms with Gasteiger partial charge in [-0.15, -0.1) is 11.3 Å². The number of hydrogen-bond donors (Lipinski definition) is 2. The molecule has 1 aliphatic rings. The number of rotatable bonds is 3. The molecule has 0 aliphatic heterocycles. The third-order valence-corrected chi connectivity index (χ3v) is 4.29. The van der Waals surface area contributed by atoms with Crippen LogP contribution in [0.4, 0.5) is 5.82 Å². The Balaban J connectivity index is 1.90. The van der Waals surface area contributed by atoms with Gasteiger partial charge < -0.3 is 10.4 Å². The monoisotopic (exact) mass is 292 g/mol. The Kier molecular flexibility index (Phi) is 3.44. The maximum Gasteiger partial charge on any atom is 0.188 e. The van der Waals surface area contributed by atoms with Gasteiger partial charge in [0.25, 0.3) is 0 Å². The minimum absolute atomic E-state index is 0.250. The highest BCUT2D eigenvalue weighted by Gasteiger charge is 2.16. The lowest BCUT2D eigenvalue weighted by atomic mass is 9.93. The minimum Gasteiger partial charge on any atom is -0.495 e. The van der Waals surface area contributed by atoms with E-state index in [4.69, 9.17) is 11.6 Å². The van der Waals surface area contributed by atoms with Crippen LogP contribution in [0, 0.1) is 0 Å². The maximum absolute atomic E-state index is 9.97. The van der Waals surface area contributed by atoms with Crippen LogP contribution in [0.3, 0.4) is 0 Å². The Morgan fingerprint density at radius 3 is 2.89 bits per heavy atom. The largest absolute Gasteiger partial charge is 0.495 e. The van der Waals surface area contributed by atoms with E-state index < -0.39 is 0 Å². The molecule has 19 heavy (non-hydrogen) atoms. The van der Waals surface area contributed by atoms with Crippen molar-refractivity contribution >= 4 is 28.8 Å². The van der Waals surface area contributed by atoms with Crippen molar-refractivity contribution in [2.75, 3.05) is 5.32 Å². The van der Waals surface area contributed by atoms with Gasteiger partial charge in [-0.1, -0.05) is 23.7 Å². The summed E-state index contributed by atoms with van der Waals surface area (Å²) in [5, 5.41) is 13.7. The summed E-state index contributed by atoms with van der Waals surface area (Å²) in [7, 11) is 0. The zero-order valence-corrected chi connectivity index (χ0v) is 11.8. The smallest absolute Gasteiger partial charge is 0.188 e. The van der Waals surface area contributed by atoms with Crippen LogP contribution in [0.25, 0.3) is 10.4 Å². The Morgan fingerprint density at radius 2 is 2.21 bits per heavy atom. The molecular formula is C14H13ClN2OS. The standard InChI is InChI=1S/C14H13ClN2OS/c15-11-6-2-5-10(7-11)12-13(16-8-19-12)17-14(18)9-3-1-4-9/h2,5-8,17-18H,1,3-4H2. The van der Waals surface area contributed by atoms with Crippen LogP contribution in [0.1, 0.15) is 19.3 Å². The highest BCUT2D eigenvalue weighted by atomic mass is 35.5. The summed E-state index contributed by atoms with van der Waals surface area (Å²) in [5.74, 6) is 0.935. The van der Waals surface area contributed by atoms with E-state index in [1.165, 1.54) is 11.3 Å². The van der Waals surface area contributed by atoms with E-state index >= 15 is 0 Å². The molecule has 1 aliphatic carbocycles. The molecule has 0 bridgehead atoms. The molecule has 0 saturated heterocycles. The molecule has 0 unspecified atom stereocenters. The van der Waals surface area contributed by atoms with Crippen LogP contribution in [0.15, 0.2) is 41.2 Å². The molecule has 1 heterocycles. The first-order chi connectivity index (χ1) is 9.24. The lowest BCUT2D eigenvalue weighted by molar-refractivity contribution is 0.394. The van der Waals surface area contributed by atoms with Gasteiger partial charge in [-0.3, -0.25) is 0 Å². The molecule has 1 fully saturated rings. The Morgan fingerprint density at radius 1 is 1.37 bits per heavy atom. The first kappa shape index (κ1) is 12.5. The number of nitrogens with zero attached hydrogens (tertiary/aromatic N) is 1. The van der Waals surface area contributed by atoms with Crippen LogP contribution >= 0.6 is 22.9 Å². The molecular weight excluding hydrogens is 280 g/mol. The molecule has 0 spiro atoms. The van der Waals surface area contributed by atoms with E-state index in [0.717, 1.165) is 35.3 Å². The van der Waals surface area contributed by atoms with E-state index in [1.807, 2.05) is 24.3 Å². The minimum atomic E-state index is 0.250. The fourth-order valence-corrected chi connectivity index (χ4v) is 2.89. The number of aromatic nitrogens is 1. The van der Waals surface area contributed by atoms with Gasteiger partial charge in [-0.25, -0.2) is 4.98 Å². The number of benzene rings is 1. The Hall–Kier alpha value is -1.52. The second-order valence-corrected chi connectivity index (χ2v) is 5.76. The van der Waals surface area contributed by atoms with Crippen LogP contribution in [0.5, 0.6) is 0 Å². The van der Waals surface area contributed by atoms with Gasteiger partial charge in [0.2, 0.25) is 0 Å². The van der Waals surface area contributed by atoms with Gasteiger partial charge in [0.05, 0.1) is 10.4 Å². The normalized spacial score (nSPS) is 14.1. The van der Waals surface area contributed by atoms with Crippen molar-refractivity contribution in [3.05, 3.63) is 46.3 Å². The van der Waals surface area contributed by atoms with Gasteiger partial charge in [0.1, 0.15) is 0 Å². The molecule has 0 radical (unpaired) electrons. The zero-order chi connectivity index (χ0) is 13.2. The van der Waals surface area contributed by atoms with Crippen molar-refractivity contribution < 1.29 is 5.11 Å². The van der Waals surface area contributed by atoms with E-state index in [1.54, 1.807) is 5.51 Å². The lowest BCUT2D eigenvalue weighted by Gasteiger charge is -2.18. The first-order valence-corrected chi connectivity index (χ1v) is 7.37.